The summed E-state index contributed by atoms with van der Waals surface area (Å²) in [7, 11) is 1.64. The van der Waals surface area contributed by atoms with Gasteiger partial charge in [0.05, 0.1) is 12.8 Å². The molecule has 1 rings (SSSR count). The molecule has 114 valence electrons. The van der Waals surface area contributed by atoms with Crippen LogP contribution in [0.5, 0.6) is 5.88 Å². The number of hydrogen-bond acceptors (Lipinski definition) is 6. The van der Waals surface area contributed by atoms with Crippen LogP contribution in [0.1, 0.15) is 19.8 Å². The number of rotatable bonds is 11. The molecule has 0 bridgehead atoms. The molecule has 0 fully saturated rings. The van der Waals surface area contributed by atoms with Gasteiger partial charge in [0.25, 0.3) is 5.88 Å². The molecule has 0 aliphatic heterocycles. The third-order valence-corrected chi connectivity index (χ3v) is 2.35. The third kappa shape index (κ3) is 6.63. The van der Waals surface area contributed by atoms with Gasteiger partial charge in [-0.2, -0.15) is 9.37 Å². The summed E-state index contributed by atoms with van der Waals surface area (Å²) in [6, 6.07) is 0. The van der Waals surface area contributed by atoms with Gasteiger partial charge in [-0.1, -0.05) is 6.92 Å². The number of hydrogen-bond donors (Lipinski definition) is 1. The Balaban J connectivity index is 2.27. The number of nitrogens with one attached hydrogen (secondary N) is 1. The van der Waals surface area contributed by atoms with Gasteiger partial charge >= 0.3 is 0 Å². The lowest BCUT2D eigenvalue weighted by Gasteiger charge is -2.08. The van der Waals surface area contributed by atoms with Crippen LogP contribution in [0.15, 0.2) is 6.20 Å². The molecule has 0 amide bonds. The van der Waals surface area contributed by atoms with Crippen molar-refractivity contribution in [3.05, 3.63) is 12.0 Å². The summed E-state index contributed by atoms with van der Waals surface area (Å²) in [5, 5.41) is 2.97. The topological polar surface area (TPSA) is 65.5 Å². The van der Waals surface area contributed by atoms with E-state index in [0.29, 0.717) is 25.8 Å². The van der Waals surface area contributed by atoms with Crippen LogP contribution in [-0.2, 0) is 9.47 Å². The van der Waals surface area contributed by atoms with Crippen molar-refractivity contribution in [1.82, 2.24) is 9.97 Å². The quantitative estimate of drug-likeness (QED) is 0.627. The maximum atomic E-state index is 13.4. The molecular formula is C13H22FN3O3. The lowest BCUT2D eigenvalue weighted by molar-refractivity contribution is 0.0784. The van der Waals surface area contributed by atoms with Crippen molar-refractivity contribution in [1.29, 1.82) is 0 Å². The highest BCUT2D eigenvalue weighted by molar-refractivity contribution is 5.28. The molecule has 1 N–H and O–H groups in total. The summed E-state index contributed by atoms with van der Waals surface area (Å²) in [5.74, 6) is -0.269. The fourth-order valence-electron chi connectivity index (χ4n) is 1.38. The molecule has 1 aromatic heterocycles. The van der Waals surface area contributed by atoms with Crippen LogP contribution in [0.2, 0.25) is 0 Å². The van der Waals surface area contributed by atoms with Crippen molar-refractivity contribution in [2.75, 3.05) is 45.4 Å². The third-order valence-electron chi connectivity index (χ3n) is 2.35. The predicted octanol–water partition coefficient (Wildman–Crippen LogP) is 1.87. The first kappa shape index (κ1) is 16.6. The molecule has 0 spiro atoms. The molecular weight excluding hydrogens is 265 g/mol. The van der Waals surface area contributed by atoms with Crippen molar-refractivity contribution in [2.45, 2.75) is 19.8 Å². The van der Waals surface area contributed by atoms with Crippen LogP contribution in [-0.4, -0.2) is 50.1 Å². The van der Waals surface area contributed by atoms with E-state index in [1.807, 2.05) is 6.92 Å². The van der Waals surface area contributed by atoms with Gasteiger partial charge in [0, 0.05) is 26.9 Å². The average molecular weight is 287 g/mol. The van der Waals surface area contributed by atoms with Crippen molar-refractivity contribution in [3.63, 3.8) is 0 Å². The summed E-state index contributed by atoms with van der Waals surface area (Å²) >= 11 is 0. The van der Waals surface area contributed by atoms with Crippen molar-refractivity contribution < 1.29 is 18.6 Å². The number of halogens is 1. The maximum Gasteiger partial charge on any atom is 0.255 e. The van der Waals surface area contributed by atoms with Crippen molar-refractivity contribution >= 4 is 5.95 Å². The van der Waals surface area contributed by atoms with Gasteiger partial charge in [-0.05, 0) is 12.8 Å². The van der Waals surface area contributed by atoms with E-state index in [1.165, 1.54) is 0 Å². The van der Waals surface area contributed by atoms with Gasteiger partial charge in [-0.25, -0.2) is 4.98 Å². The molecule has 0 aromatic carbocycles. The molecule has 1 heterocycles. The normalized spacial score (nSPS) is 10.6. The molecule has 0 atom stereocenters. The van der Waals surface area contributed by atoms with E-state index < -0.39 is 5.82 Å². The minimum absolute atomic E-state index is 0.0564. The van der Waals surface area contributed by atoms with Crippen LogP contribution < -0.4 is 10.1 Å². The van der Waals surface area contributed by atoms with Crippen LogP contribution >= 0.6 is 0 Å². The fraction of sp³-hybridized carbons (Fsp3) is 0.692. The second-order valence-corrected chi connectivity index (χ2v) is 4.08. The molecule has 0 radical (unpaired) electrons. The Bertz CT molecular complexity index is 380. The van der Waals surface area contributed by atoms with Crippen LogP contribution in [0.3, 0.4) is 0 Å². The van der Waals surface area contributed by atoms with E-state index in [0.717, 1.165) is 25.6 Å². The fourth-order valence-corrected chi connectivity index (χ4v) is 1.38. The lowest BCUT2D eigenvalue weighted by Crippen LogP contribution is -2.11. The summed E-state index contributed by atoms with van der Waals surface area (Å²) in [6.45, 7) is 4.63. The molecule has 0 unspecified atom stereocenters. The van der Waals surface area contributed by atoms with Gasteiger partial charge < -0.3 is 19.5 Å². The Morgan fingerprint density at radius 3 is 2.85 bits per heavy atom. The van der Waals surface area contributed by atoms with Crippen molar-refractivity contribution in [2.24, 2.45) is 0 Å². The van der Waals surface area contributed by atoms with Crippen molar-refractivity contribution in [3.8, 4) is 5.88 Å². The molecule has 1 aromatic rings. The number of ether oxygens (including phenoxy) is 3. The first-order valence-electron chi connectivity index (χ1n) is 6.73. The Morgan fingerprint density at radius 2 is 2.10 bits per heavy atom. The SMILES string of the molecule is CCCNc1ncc(F)c(OCCOCCCOC)n1. The molecule has 7 heteroatoms. The Hall–Kier alpha value is -1.47. The minimum atomic E-state index is -0.577. The van der Waals surface area contributed by atoms with Crippen LogP contribution in [0.25, 0.3) is 0 Å². The standard InChI is InChI=1S/C13H22FN3O3/c1-3-5-15-13-16-10-11(14)12(17-13)20-9-8-19-7-4-6-18-2/h10H,3-9H2,1-2H3,(H,15,16,17). The summed E-state index contributed by atoms with van der Waals surface area (Å²) in [6.07, 6.45) is 2.86. The molecule has 6 nitrogen and oxygen atoms in total. The van der Waals surface area contributed by atoms with Gasteiger partial charge in [0.1, 0.15) is 6.61 Å². The second kappa shape index (κ2) is 10.3. The summed E-state index contributed by atoms with van der Waals surface area (Å²) < 4.78 is 28.9. The van der Waals surface area contributed by atoms with E-state index in [1.54, 1.807) is 7.11 Å². The van der Waals surface area contributed by atoms with Gasteiger partial charge in [-0.3, -0.25) is 0 Å². The Labute approximate surface area is 118 Å². The van der Waals surface area contributed by atoms with Gasteiger partial charge in [0.15, 0.2) is 0 Å². The lowest BCUT2D eigenvalue weighted by atomic mass is 10.5. The van der Waals surface area contributed by atoms with E-state index in [4.69, 9.17) is 14.2 Å². The predicted molar refractivity (Wildman–Crippen MR) is 73.6 cm³/mol. The molecule has 0 aliphatic rings. The first-order chi connectivity index (χ1) is 9.77. The van der Waals surface area contributed by atoms with E-state index in [2.05, 4.69) is 15.3 Å². The minimum Gasteiger partial charge on any atom is -0.473 e. The zero-order valence-corrected chi connectivity index (χ0v) is 12.0. The summed E-state index contributed by atoms with van der Waals surface area (Å²) in [4.78, 5) is 7.79. The maximum absolute atomic E-state index is 13.4. The monoisotopic (exact) mass is 287 g/mol. The Kier molecular flexibility index (Phi) is 8.57. The second-order valence-electron chi connectivity index (χ2n) is 4.08. The van der Waals surface area contributed by atoms with Gasteiger partial charge in [0.2, 0.25) is 11.8 Å². The number of aromatic nitrogens is 2. The van der Waals surface area contributed by atoms with Crippen LogP contribution in [0, 0.1) is 5.82 Å². The average Bonchev–Trinajstić information content (AvgIpc) is 2.46. The van der Waals surface area contributed by atoms with E-state index >= 15 is 0 Å². The number of nitrogens with zero attached hydrogens (tertiary/aromatic N) is 2. The highest BCUT2D eigenvalue weighted by Gasteiger charge is 2.07. The molecule has 0 saturated heterocycles. The largest absolute Gasteiger partial charge is 0.473 e. The van der Waals surface area contributed by atoms with E-state index in [-0.39, 0.29) is 12.5 Å². The first-order valence-corrected chi connectivity index (χ1v) is 6.73. The van der Waals surface area contributed by atoms with E-state index in [9.17, 15) is 4.39 Å². The van der Waals surface area contributed by atoms with Crippen LogP contribution in [0.4, 0.5) is 10.3 Å². The molecule has 0 aliphatic carbocycles. The summed E-state index contributed by atoms with van der Waals surface area (Å²) in [5.41, 5.74) is 0. The highest BCUT2D eigenvalue weighted by Crippen LogP contribution is 2.14. The zero-order chi connectivity index (χ0) is 14.6. The number of anilines is 1. The highest BCUT2D eigenvalue weighted by atomic mass is 19.1. The molecule has 20 heavy (non-hydrogen) atoms. The van der Waals surface area contributed by atoms with Gasteiger partial charge in [-0.15, -0.1) is 0 Å². The number of methoxy groups -OCH3 is 1. The zero-order valence-electron chi connectivity index (χ0n) is 12.0. The Morgan fingerprint density at radius 1 is 1.25 bits per heavy atom. The smallest absolute Gasteiger partial charge is 0.255 e. The molecule has 0 saturated carbocycles.